The number of hydrogen-bond acceptors (Lipinski definition) is 3. The molecule has 3 N–H and O–H groups in total. The van der Waals surface area contributed by atoms with Gasteiger partial charge in [0, 0.05) is 17.5 Å². The number of nitrogens with two attached hydrogens (primary N) is 1. The molecule has 108 valence electrons. The van der Waals surface area contributed by atoms with Crippen LogP contribution in [0.15, 0.2) is 42.5 Å². The number of carbonyl (C=O) groups excluding carboxylic acids is 2. The molecule has 0 spiro atoms. The second kappa shape index (κ2) is 3.77. The van der Waals surface area contributed by atoms with Gasteiger partial charge in [-0.15, -0.1) is 0 Å². The number of anilines is 1. The minimum atomic E-state index is -0.329. The van der Waals surface area contributed by atoms with Crippen molar-refractivity contribution in [2.75, 3.05) is 5.73 Å². The SMILES string of the molecule is Nc1cccc2c1C1c3ccccc3C2C2C(=O)NC(=O)C12. The third kappa shape index (κ3) is 1.20. The Kier molecular flexibility index (Phi) is 2.05. The van der Waals surface area contributed by atoms with Crippen molar-refractivity contribution >= 4 is 17.5 Å². The smallest absolute Gasteiger partial charge is 0.231 e. The summed E-state index contributed by atoms with van der Waals surface area (Å²) in [5.74, 6) is -1.13. The molecule has 3 aliphatic carbocycles. The van der Waals surface area contributed by atoms with Crippen LogP contribution in [0.3, 0.4) is 0 Å². The molecule has 2 amide bonds. The molecule has 0 radical (unpaired) electrons. The standard InChI is InChI=1S/C18H14N2O2/c19-11-7-3-6-10-12-8-4-1-2-5-9(8)14(13(10)11)16-15(12)17(21)20-18(16)22/h1-7,12,14-16H,19H2,(H,20,21,22). The highest BCUT2D eigenvalue weighted by atomic mass is 16.2. The Morgan fingerprint density at radius 3 is 2.09 bits per heavy atom. The molecule has 4 unspecified atom stereocenters. The molecular weight excluding hydrogens is 276 g/mol. The highest BCUT2D eigenvalue weighted by Crippen LogP contribution is 2.60. The molecule has 1 aliphatic heterocycles. The Bertz CT molecular complexity index is 858. The summed E-state index contributed by atoms with van der Waals surface area (Å²) < 4.78 is 0. The molecular formula is C18H14N2O2. The average molecular weight is 290 g/mol. The highest BCUT2D eigenvalue weighted by Gasteiger charge is 2.59. The molecule has 4 nitrogen and oxygen atoms in total. The third-order valence-corrected chi connectivity index (χ3v) is 5.44. The van der Waals surface area contributed by atoms with Crippen LogP contribution >= 0.6 is 0 Å². The van der Waals surface area contributed by atoms with E-state index >= 15 is 0 Å². The van der Waals surface area contributed by atoms with Crippen LogP contribution < -0.4 is 11.1 Å². The predicted molar refractivity (Wildman–Crippen MR) is 81.1 cm³/mol. The maximum absolute atomic E-state index is 12.4. The van der Waals surface area contributed by atoms with Crippen LogP contribution in [-0.4, -0.2) is 11.8 Å². The topological polar surface area (TPSA) is 72.2 Å². The number of benzene rings is 2. The van der Waals surface area contributed by atoms with Gasteiger partial charge in [-0.05, 0) is 28.3 Å². The Balaban J connectivity index is 1.89. The van der Waals surface area contributed by atoms with Gasteiger partial charge in [0.1, 0.15) is 0 Å². The number of carbonyl (C=O) groups is 2. The van der Waals surface area contributed by atoms with Crippen molar-refractivity contribution < 1.29 is 9.59 Å². The summed E-state index contributed by atoms with van der Waals surface area (Å²) >= 11 is 0. The van der Waals surface area contributed by atoms with E-state index in [4.69, 9.17) is 5.73 Å². The van der Waals surface area contributed by atoms with Crippen molar-refractivity contribution in [2.45, 2.75) is 11.8 Å². The lowest BCUT2D eigenvalue weighted by Gasteiger charge is -2.46. The van der Waals surface area contributed by atoms with E-state index in [1.807, 2.05) is 30.3 Å². The first-order valence-electron chi connectivity index (χ1n) is 7.50. The van der Waals surface area contributed by atoms with Gasteiger partial charge in [-0.3, -0.25) is 14.9 Å². The van der Waals surface area contributed by atoms with E-state index in [9.17, 15) is 9.59 Å². The van der Waals surface area contributed by atoms with E-state index < -0.39 is 0 Å². The Hall–Kier alpha value is -2.62. The van der Waals surface area contributed by atoms with Gasteiger partial charge < -0.3 is 5.73 Å². The fraction of sp³-hybridized carbons (Fsp3) is 0.222. The van der Waals surface area contributed by atoms with Crippen LogP contribution in [0.4, 0.5) is 5.69 Å². The summed E-state index contributed by atoms with van der Waals surface area (Å²) in [4.78, 5) is 24.7. The van der Waals surface area contributed by atoms with Gasteiger partial charge in [0.05, 0.1) is 11.8 Å². The van der Waals surface area contributed by atoms with Gasteiger partial charge in [-0.25, -0.2) is 0 Å². The number of amides is 2. The monoisotopic (exact) mass is 290 g/mol. The largest absolute Gasteiger partial charge is 0.398 e. The maximum Gasteiger partial charge on any atom is 0.231 e. The normalized spacial score (nSPS) is 30.5. The summed E-state index contributed by atoms with van der Waals surface area (Å²) in [5, 5.41) is 2.53. The van der Waals surface area contributed by atoms with Crippen molar-refractivity contribution in [2.24, 2.45) is 11.8 Å². The second-order valence-corrected chi connectivity index (χ2v) is 6.34. The van der Waals surface area contributed by atoms with Gasteiger partial charge >= 0.3 is 0 Å². The fourth-order valence-electron chi connectivity index (χ4n) is 4.72. The summed E-state index contributed by atoms with van der Waals surface area (Å²) in [6.45, 7) is 0. The van der Waals surface area contributed by atoms with E-state index in [1.165, 1.54) is 0 Å². The lowest BCUT2D eigenvalue weighted by atomic mass is 9.54. The highest BCUT2D eigenvalue weighted by molar-refractivity contribution is 6.07. The quantitative estimate of drug-likeness (QED) is 0.573. The fourth-order valence-corrected chi connectivity index (χ4v) is 4.72. The van der Waals surface area contributed by atoms with Crippen molar-refractivity contribution in [1.29, 1.82) is 0 Å². The first-order chi connectivity index (χ1) is 10.7. The number of imide groups is 1. The lowest BCUT2D eigenvalue weighted by Crippen LogP contribution is -2.41. The molecule has 0 saturated carbocycles. The zero-order chi connectivity index (χ0) is 15.0. The van der Waals surface area contributed by atoms with E-state index in [0.717, 1.165) is 22.3 Å². The van der Waals surface area contributed by atoms with E-state index in [-0.39, 0.29) is 35.5 Å². The molecule has 6 rings (SSSR count). The molecule has 4 heteroatoms. The predicted octanol–water partition coefficient (Wildman–Crippen LogP) is 1.75. The van der Waals surface area contributed by atoms with Gasteiger partial charge in [-0.1, -0.05) is 36.4 Å². The first kappa shape index (κ1) is 12.0. The summed E-state index contributed by atoms with van der Waals surface area (Å²) in [5.41, 5.74) is 11.4. The zero-order valence-corrected chi connectivity index (χ0v) is 11.7. The van der Waals surface area contributed by atoms with Crippen molar-refractivity contribution in [3.05, 3.63) is 64.7 Å². The van der Waals surface area contributed by atoms with Crippen molar-refractivity contribution in [3.63, 3.8) is 0 Å². The summed E-state index contributed by atoms with van der Waals surface area (Å²) in [6, 6.07) is 14.0. The van der Waals surface area contributed by atoms with E-state index in [0.29, 0.717) is 5.69 Å². The third-order valence-electron chi connectivity index (χ3n) is 5.44. The van der Waals surface area contributed by atoms with Crippen LogP contribution in [0.1, 0.15) is 34.1 Å². The van der Waals surface area contributed by atoms with Crippen molar-refractivity contribution in [1.82, 2.24) is 5.32 Å². The maximum atomic E-state index is 12.4. The van der Waals surface area contributed by atoms with E-state index in [1.54, 1.807) is 0 Å². The molecule has 22 heavy (non-hydrogen) atoms. The molecule has 2 aromatic carbocycles. The Morgan fingerprint density at radius 1 is 0.773 bits per heavy atom. The molecule has 1 saturated heterocycles. The Labute approximate surface area is 127 Å². The van der Waals surface area contributed by atoms with Crippen LogP contribution in [0.2, 0.25) is 0 Å². The van der Waals surface area contributed by atoms with Gasteiger partial charge in [0.2, 0.25) is 11.8 Å². The zero-order valence-electron chi connectivity index (χ0n) is 11.7. The average Bonchev–Trinajstić information content (AvgIpc) is 2.83. The van der Waals surface area contributed by atoms with Crippen molar-refractivity contribution in [3.8, 4) is 0 Å². The second-order valence-electron chi connectivity index (χ2n) is 6.34. The molecule has 1 heterocycles. The van der Waals surface area contributed by atoms with Gasteiger partial charge in [0.15, 0.2) is 0 Å². The molecule has 2 bridgehead atoms. The molecule has 1 fully saturated rings. The molecule has 0 aromatic heterocycles. The minimum Gasteiger partial charge on any atom is -0.398 e. The van der Waals surface area contributed by atoms with Gasteiger partial charge in [0.25, 0.3) is 0 Å². The number of hydrogen-bond donors (Lipinski definition) is 2. The van der Waals surface area contributed by atoms with Crippen LogP contribution in [0.25, 0.3) is 0 Å². The molecule has 2 aromatic rings. The minimum absolute atomic E-state index is 0.0730. The number of nitrogen functional groups attached to an aromatic ring is 1. The molecule has 4 atom stereocenters. The molecule has 4 aliphatic rings. The lowest BCUT2D eigenvalue weighted by molar-refractivity contribution is -0.126. The number of rotatable bonds is 0. The van der Waals surface area contributed by atoms with Crippen LogP contribution in [0, 0.1) is 11.8 Å². The number of nitrogens with one attached hydrogen (secondary N) is 1. The Morgan fingerprint density at radius 2 is 1.36 bits per heavy atom. The van der Waals surface area contributed by atoms with Crippen LogP contribution in [-0.2, 0) is 9.59 Å². The van der Waals surface area contributed by atoms with Crippen LogP contribution in [0.5, 0.6) is 0 Å². The van der Waals surface area contributed by atoms with E-state index in [2.05, 4.69) is 17.4 Å². The first-order valence-corrected chi connectivity index (χ1v) is 7.50. The van der Waals surface area contributed by atoms with Gasteiger partial charge in [-0.2, -0.15) is 0 Å². The summed E-state index contributed by atoms with van der Waals surface area (Å²) in [7, 11) is 0. The summed E-state index contributed by atoms with van der Waals surface area (Å²) in [6.07, 6.45) is 0.